The van der Waals surface area contributed by atoms with Gasteiger partial charge in [0.1, 0.15) is 5.75 Å². The van der Waals surface area contributed by atoms with Gasteiger partial charge in [0, 0.05) is 11.8 Å². The predicted octanol–water partition coefficient (Wildman–Crippen LogP) is 0.400. The molecule has 2 aromatic heterocycles. The molecule has 1 aromatic carbocycles. The van der Waals surface area contributed by atoms with E-state index in [2.05, 4.69) is 15.0 Å². The third-order valence-electron chi connectivity index (χ3n) is 3.50. The minimum absolute atomic E-state index is 0. The Morgan fingerprint density at radius 2 is 1.93 bits per heavy atom. The van der Waals surface area contributed by atoms with E-state index in [1.54, 1.807) is 13.0 Å². The number of benzene rings is 1. The van der Waals surface area contributed by atoms with E-state index in [0.29, 0.717) is 21.9 Å². The number of halogens is 3. The van der Waals surface area contributed by atoms with Crippen molar-refractivity contribution in [3.63, 3.8) is 0 Å². The normalized spacial score (nSPS) is 12.1. The van der Waals surface area contributed by atoms with Gasteiger partial charge in [0.15, 0.2) is 11.8 Å². The average molecular weight is 424 g/mol. The maximum Gasteiger partial charge on any atom is 1.00 e. The molecule has 1 N–H and O–H groups in total. The van der Waals surface area contributed by atoms with Gasteiger partial charge < -0.3 is 15.2 Å². The van der Waals surface area contributed by atoms with E-state index in [1.807, 2.05) is 18.2 Å². The van der Waals surface area contributed by atoms with Gasteiger partial charge in [-0.2, -0.15) is 13.2 Å². The van der Waals surface area contributed by atoms with Crippen LogP contribution in [0.15, 0.2) is 41.7 Å². The molecular formula is C16H14F3KN3O3S-. The fraction of sp³-hybridized carbons (Fsp3) is 0.250. The third-order valence-corrected chi connectivity index (χ3v) is 4.66. The van der Waals surface area contributed by atoms with Gasteiger partial charge >= 0.3 is 57.6 Å². The molecule has 27 heavy (non-hydrogen) atoms. The molecule has 0 bridgehead atoms. The molecule has 0 amide bonds. The first-order valence-electron chi connectivity index (χ1n) is 7.30. The molecule has 3 aromatic rings. The molecule has 0 fully saturated rings. The number of hydrogen-bond donors (Lipinski definition) is 1. The van der Waals surface area contributed by atoms with Crippen LogP contribution in [0.2, 0.25) is 0 Å². The zero-order chi connectivity index (χ0) is 18.0. The average Bonchev–Trinajstić information content (AvgIpc) is 2.99. The van der Waals surface area contributed by atoms with Gasteiger partial charge in [-0.25, -0.2) is 4.98 Å². The number of aromatic nitrogens is 3. The molecule has 140 valence electrons. The second-order valence-electron chi connectivity index (χ2n) is 5.33. The number of alkyl halides is 3. The van der Waals surface area contributed by atoms with Crippen LogP contribution in [0.25, 0.3) is 11.0 Å². The van der Waals surface area contributed by atoms with Gasteiger partial charge in [-0.1, -0.05) is 12.1 Å². The summed E-state index contributed by atoms with van der Waals surface area (Å²) in [5.74, 6) is 0.0958. The second kappa shape index (κ2) is 10.1. The molecule has 0 spiro atoms. The standard InChI is InChI=1S/C16H14F3N3O2S.K.O/c1-10-13(20-7-6-14(10)24-9-16(17,18)19)8-25(23)15-21-11-4-2-3-5-12(11)22-15;;/h2-7H,8-9H2,1H3,(H,21,22);;/q;+1;-2. The fourth-order valence-corrected chi connectivity index (χ4v) is 3.35. The Kier molecular flexibility index (Phi) is 9.06. The summed E-state index contributed by atoms with van der Waals surface area (Å²) in [6, 6.07) is 8.62. The molecule has 1 unspecified atom stereocenters. The van der Waals surface area contributed by atoms with Crippen molar-refractivity contribution in [2.75, 3.05) is 6.61 Å². The molecule has 2 heterocycles. The van der Waals surface area contributed by atoms with Crippen LogP contribution in [0.3, 0.4) is 0 Å². The van der Waals surface area contributed by atoms with Gasteiger partial charge in [0.2, 0.25) is 0 Å². The van der Waals surface area contributed by atoms with Gasteiger partial charge in [-0.3, -0.25) is 9.19 Å². The van der Waals surface area contributed by atoms with E-state index in [4.69, 9.17) is 4.74 Å². The Morgan fingerprint density at radius 3 is 2.59 bits per heavy atom. The number of H-pyrrole nitrogens is 1. The Morgan fingerprint density at radius 1 is 1.22 bits per heavy atom. The van der Waals surface area contributed by atoms with E-state index in [0.717, 1.165) is 5.52 Å². The van der Waals surface area contributed by atoms with Crippen molar-refractivity contribution in [3.8, 4) is 5.75 Å². The first-order chi connectivity index (χ1) is 11.8. The predicted molar refractivity (Wildman–Crippen MR) is 87.4 cm³/mol. The molecule has 0 aliphatic heterocycles. The number of hydrogen-bond acceptors (Lipinski definition) is 4. The van der Waals surface area contributed by atoms with E-state index in [9.17, 15) is 17.4 Å². The summed E-state index contributed by atoms with van der Waals surface area (Å²) in [6.45, 7) is 0.202. The van der Waals surface area contributed by atoms with Gasteiger partial charge in [0.05, 0.1) is 33.3 Å². The van der Waals surface area contributed by atoms with Crippen LogP contribution in [0.4, 0.5) is 13.2 Å². The largest absolute Gasteiger partial charge is 2.00 e. The summed E-state index contributed by atoms with van der Waals surface area (Å²) in [5, 5.41) is 0.295. The van der Waals surface area contributed by atoms with E-state index < -0.39 is 23.6 Å². The molecule has 0 aliphatic carbocycles. The SMILES string of the molecule is Cc1c(OCC(F)(F)F)ccnc1CS(=O)c1nc2ccccc2[nH]1.[K+].[O-2]. The summed E-state index contributed by atoms with van der Waals surface area (Å²) in [4.78, 5) is 11.3. The number of para-hydroxylation sites is 2. The van der Waals surface area contributed by atoms with Crippen LogP contribution in [0, 0.1) is 6.92 Å². The van der Waals surface area contributed by atoms with Gasteiger partial charge in [-0.15, -0.1) is 0 Å². The Balaban J connectivity index is 0.00000182. The number of pyridine rings is 1. The Bertz CT molecular complexity index is 901. The van der Waals surface area contributed by atoms with Crippen molar-refractivity contribution in [1.29, 1.82) is 0 Å². The second-order valence-corrected chi connectivity index (χ2v) is 6.70. The molecule has 0 aliphatic rings. The summed E-state index contributed by atoms with van der Waals surface area (Å²) < 4.78 is 54.2. The number of aromatic amines is 1. The molecule has 0 radical (unpaired) electrons. The molecule has 1 atom stereocenters. The van der Waals surface area contributed by atoms with E-state index in [-0.39, 0.29) is 68.4 Å². The van der Waals surface area contributed by atoms with Gasteiger partial charge in [-0.05, 0) is 25.1 Å². The van der Waals surface area contributed by atoms with Crippen molar-refractivity contribution in [1.82, 2.24) is 15.0 Å². The third kappa shape index (κ3) is 6.34. The first-order valence-corrected chi connectivity index (χ1v) is 8.62. The van der Waals surface area contributed by atoms with Crippen LogP contribution in [-0.4, -0.2) is 31.9 Å². The molecule has 3 rings (SSSR count). The number of fused-ring (bicyclic) bond motifs is 1. The Labute approximate surface area is 198 Å². The minimum atomic E-state index is -4.42. The van der Waals surface area contributed by atoms with Crippen molar-refractivity contribution in [3.05, 3.63) is 47.8 Å². The van der Waals surface area contributed by atoms with Crippen LogP contribution < -0.4 is 56.1 Å². The maximum atomic E-state index is 12.5. The number of nitrogens with zero attached hydrogens (tertiary/aromatic N) is 2. The first kappa shape index (κ1) is 24.2. The molecule has 11 heteroatoms. The number of imidazole rings is 1. The molecule has 6 nitrogen and oxygen atoms in total. The van der Waals surface area contributed by atoms with Crippen LogP contribution >= 0.6 is 0 Å². The quantitative estimate of drug-likeness (QED) is 0.600. The zero-order valence-electron chi connectivity index (χ0n) is 14.5. The van der Waals surface area contributed by atoms with E-state index >= 15 is 0 Å². The molecule has 0 saturated carbocycles. The van der Waals surface area contributed by atoms with Crippen LogP contribution in [0.5, 0.6) is 5.75 Å². The van der Waals surface area contributed by atoms with Gasteiger partial charge in [0.25, 0.3) is 0 Å². The fourth-order valence-electron chi connectivity index (χ4n) is 2.25. The van der Waals surface area contributed by atoms with Crippen molar-refractivity contribution in [2.24, 2.45) is 0 Å². The van der Waals surface area contributed by atoms with Crippen molar-refractivity contribution in [2.45, 2.75) is 24.0 Å². The zero-order valence-corrected chi connectivity index (χ0v) is 18.5. The summed E-state index contributed by atoms with van der Waals surface area (Å²) in [7, 11) is -1.51. The molecule has 0 saturated heterocycles. The summed E-state index contributed by atoms with van der Waals surface area (Å²) in [5.41, 5.74) is 2.28. The van der Waals surface area contributed by atoms with Crippen LogP contribution in [-0.2, 0) is 22.0 Å². The smallest absolute Gasteiger partial charge is 1.00 e. The number of nitrogens with one attached hydrogen (secondary N) is 1. The summed E-state index contributed by atoms with van der Waals surface area (Å²) in [6.07, 6.45) is -3.09. The van der Waals surface area contributed by atoms with Crippen molar-refractivity contribution < 1.29 is 79.0 Å². The Hall–Kier alpha value is -0.824. The maximum absolute atomic E-state index is 12.5. The summed E-state index contributed by atoms with van der Waals surface area (Å²) >= 11 is 0. The minimum Gasteiger partial charge on any atom is -2.00 e. The molecular weight excluding hydrogens is 410 g/mol. The van der Waals surface area contributed by atoms with Crippen LogP contribution in [0.1, 0.15) is 11.3 Å². The number of rotatable bonds is 5. The topological polar surface area (TPSA) is 96.4 Å². The van der Waals surface area contributed by atoms with E-state index in [1.165, 1.54) is 12.3 Å². The number of ether oxygens (including phenoxy) is 1. The monoisotopic (exact) mass is 424 g/mol. The van der Waals surface area contributed by atoms with Crippen molar-refractivity contribution >= 4 is 21.8 Å².